The summed E-state index contributed by atoms with van der Waals surface area (Å²) in [6.07, 6.45) is 1.76. The van der Waals surface area contributed by atoms with Gasteiger partial charge in [0, 0.05) is 24.8 Å². The van der Waals surface area contributed by atoms with Gasteiger partial charge in [-0.3, -0.25) is 4.79 Å². The topological polar surface area (TPSA) is 38.1 Å². The lowest BCUT2D eigenvalue weighted by atomic mass is 10.1. The van der Waals surface area contributed by atoms with Gasteiger partial charge in [0.15, 0.2) is 0 Å². The van der Waals surface area contributed by atoms with E-state index in [9.17, 15) is 4.79 Å². The average molecular weight is 293 g/mol. The minimum atomic E-state index is 0.000605. The van der Waals surface area contributed by atoms with E-state index < -0.39 is 0 Å². The summed E-state index contributed by atoms with van der Waals surface area (Å²) in [5.74, 6) is 0.000605. The van der Waals surface area contributed by atoms with Crippen molar-refractivity contribution in [1.82, 2.24) is 9.55 Å². The molecule has 0 spiro atoms. The van der Waals surface area contributed by atoms with Gasteiger partial charge < -0.3 is 9.47 Å². The second-order valence-corrected chi connectivity index (χ2v) is 5.45. The van der Waals surface area contributed by atoms with Gasteiger partial charge in [0.05, 0.1) is 17.4 Å². The molecule has 22 heavy (non-hydrogen) atoms. The number of fused-ring (bicyclic) bond motifs is 1. The predicted molar refractivity (Wildman–Crippen MR) is 89.2 cm³/mol. The Morgan fingerprint density at radius 3 is 2.77 bits per heavy atom. The molecule has 0 radical (unpaired) electrons. The van der Waals surface area contributed by atoms with E-state index in [1.807, 2.05) is 67.9 Å². The summed E-state index contributed by atoms with van der Waals surface area (Å²) in [5.41, 5.74) is 4.59. The number of hydrogen-bond donors (Lipinski definition) is 0. The van der Waals surface area contributed by atoms with E-state index in [0.717, 1.165) is 22.3 Å². The lowest BCUT2D eigenvalue weighted by Gasteiger charge is -2.21. The van der Waals surface area contributed by atoms with Gasteiger partial charge in [-0.25, -0.2) is 4.98 Å². The van der Waals surface area contributed by atoms with Gasteiger partial charge in [-0.2, -0.15) is 0 Å². The molecule has 1 heterocycles. The Balaban J connectivity index is 1.99. The summed E-state index contributed by atoms with van der Waals surface area (Å²) in [5, 5.41) is 0. The van der Waals surface area contributed by atoms with Crippen LogP contribution in [0.3, 0.4) is 0 Å². The van der Waals surface area contributed by atoms with Gasteiger partial charge >= 0.3 is 0 Å². The molecule has 4 nitrogen and oxygen atoms in total. The number of rotatable bonds is 3. The van der Waals surface area contributed by atoms with Crippen LogP contribution in [-0.4, -0.2) is 22.0 Å². The van der Waals surface area contributed by atoms with E-state index in [-0.39, 0.29) is 5.91 Å². The SMILES string of the molecule is CCN(C(=O)c1ccc2c(c1)ncn2C)c1cccc(C)c1. The third-order valence-electron chi connectivity index (χ3n) is 3.85. The highest BCUT2D eigenvalue weighted by Crippen LogP contribution is 2.20. The van der Waals surface area contributed by atoms with Crippen LogP contribution in [0.1, 0.15) is 22.8 Å². The van der Waals surface area contributed by atoms with Gasteiger partial charge in [0.1, 0.15) is 0 Å². The van der Waals surface area contributed by atoms with Crippen LogP contribution in [0, 0.1) is 6.92 Å². The normalized spacial score (nSPS) is 10.9. The fraction of sp³-hybridized carbons (Fsp3) is 0.222. The molecule has 2 aromatic carbocycles. The summed E-state index contributed by atoms with van der Waals surface area (Å²) in [6.45, 7) is 4.64. The molecular formula is C18H19N3O. The van der Waals surface area contributed by atoms with Gasteiger partial charge in [0.2, 0.25) is 0 Å². The summed E-state index contributed by atoms with van der Waals surface area (Å²) in [4.78, 5) is 18.9. The molecule has 1 aromatic heterocycles. The Kier molecular flexibility index (Phi) is 3.67. The molecule has 3 aromatic rings. The Morgan fingerprint density at radius 1 is 1.23 bits per heavy atom. The molecule has 0 bridgehead atoms. The van der Waals surface area contributed by atoms with Gasteiger partial charge in [-0.15, -0.1) is 0 Å². The zero-order valence-corrected chi connectivity index (χ0v) is 13.1. The number of amides is 1. The minimum absolute atomic E-state index is 0.000605. The molecule has 0 saturated carbocycles. The lowest BCUT2D eigenvalue weighted by Crippen LogP contribution is -2.30. The summed E-state index contributed by atoms with van der Waals surface area (Å²) < 4.78 is 1.95. The molecular weight excluding hydrogens is 274 g/mol. The van der Waals surface area contributed by atoms with E-state index in [2.05, 4.69) is 4.98 Å². The molecule has 4 heteroatoms. The molecule has 0 aliphatic rings. The zero-order valence-electron chi connectivity index (χ0n) is 13.1. The number of hydrogen-bond acceptors (Lipinski definition) is 2. The number of nitrogens with zero attached hydrogens (tertiary/aromatic N) is 3. The molecule has 0 fully saturated rings. The van der Waals surface area contributed by atoms with Crippen molar-refractivity contribution in [3.05, 3.63) is 59.9 Å². The molecule has 0 aliphatic heterocycles. The van der Waals surface area contributed by atoms with Crippen molar-refractivity contribution in [1.29, 1.82) is 0 Å². The third-order valence-corrected chi connectivity index (χ3v) is 3.85. The number of imidazole rings is 1. The molecule has 0 saturated heterocycles. The van der Waals surface area contributed by atoms with Crippen LogP contribution in [0.25, 0.3) is 11.0 Å². The first-order chi connectivity index (χ1) is 10.6. The third kappa shape index (κ3) is 2.48. The second-order valence-electron chi connectivity index (χ2n) is 5.45. The largest absolute Gasteiger partial charge is 0.334 e. The van der Waals surface area contributed by atoms with Crippen LogP contribution in [0.4, 0.5) is 5.69 Å². The maximum Gasteiger partial charge on any atom is 0.258 e. The molecule has 0 unspecified atom stereocenters. The molecule has 3 rings (SSSR count). The molecule has 112 valence electrons. The van der Waals surface area contributed by atoms with Gasteiger partial charge in [-0.05, 0) is 49.7 Å². The van der Waals surface area contributed by atoms with Crippen LogP contribution >= 0.6 is 0 Å². The maximum absolute atomic E-state index is 12.8. The van der Waals surface area contributed by atoms with Gasteiger partial charge in [0.25, 0.3) is 5.91 Å². The Bertz CT molecular complexity index is 835. The van der Waals surface area contributed by atoms with Crippen LogP contribution < -0.4 is 4.90 Å². The summed E-state index contributed by atoms with van der Waals surface area (Å²) >= 11 is 0. The Labute approximate surface area is 130 Å². The first-order valence-corrected chi connectivity index (χ1v) is 7.39. The second kappa shape index (κ2) is 5.64. The highest BCUT2D eigenvalue weighted by atomic mass is 16.2. The maximum atomic E-state index is 12.8. The predicted octanol–water partition coefficient (Wildman–Crippen LogP) is 3.55. The first kappa shape index (κ1) is 14.3. The Morgan fingerprint density at radius 2 is 2.05 bits per heavy atom. The monoisotopic (exact) mass is 293 g/mol. The fourth-order valence-electron chi connectivity index (χ4n) is 2.66. The average Bonchev–Trinajstić information content (AvgIpc) is 2.89. The van der Waals surface area contributed by atoms with Crippen molar-refractivity contribution in [2.45, 2.75) is 13.8 Å². The lowest BCUT2D eigenvalue weighted by molar-refractivity contribution is 0.0988. The first-order valence-electron chi connectivity index (χ1n) is 7.39. The van der Waals surface area contributed by atoms with E-state index >= 15 is 0 Å². The molecule has 0 atom stereocenters. The highest BCUT2D eigenvalue weighted by Gasteiger charge is 2.17. The molecule has 0 aliphatic carbocycles. The standard InChI is InChI=1S/C18H19N3O/c1-4-21(15-7-5-6-13(2)10-15)18(22)14-8-9-17-16(11-14)19-12-20(17)3/h5-12H,4H2,1-3H3. The number of benzene rings is 2. The summed E-state index contributed by atoms with van der Waals surface area (Å²) in [7, 11) is 1.95. The van der Waals surface area contributed by atoms with E-state index in [1.54, 1.807) is 11.2 Å². The molecule has 1 amide bonds. The van der Waals surface area contributed by atoms with Crippen molar-refractivity contribution >= 4 is 22.6 Å². The van der Waals surface area contributed by atoms with Crippen molar-refractivity contribution in [2.75, 3.05) is 11.4 Å². The quantitative estimate of drug-likeness (QED) is 0.740. The van der Waals surface area contributed by atoms with Crippen LogP contribution in [0.5, 0.6) is 0 Å². The highest BCUT2D eigenvalue weighted by molar-refractivity contribution is 6.07. The summed E-state index contributed by atoms with van der Waals surface area (Å²) in [6, 6.07) is 13.7. The van der Waals surface area contributed by atoms with Crippen LogP contribution in [0.15, 0.2) is 48.8 Å². The number of aromatic nitrogens is 2. The van der Waals surface area contributed by atoms with Crippen molar-refractivity contribution in [3.63, 3.8) is 0 Å². The van der Waals surface area contributed by atoms with E-state index in [0.29, 0.717) is 12.1 Å². The Hall–Kier alpha value is -2.62. The van der Waals surface area contributed by atoms with Crippen molar-refractivity contribution < 1.29 is 4.79 Å². The number of aryl methyl sites for hydroxylation is 2. The zero-order chi connectivity index (χ0) is 15.7. The van der Waals surface area contributed by atoms with E-state index in [4.69, 9.17) is 0 Å². The van der Waals surface area contributed by atoms with Crippen molar-refractivity contribution in [3.8, 4) is 0 Å². The van der Waals surface area contributed by atoms with E-state index in [1.165, 1.54) is 0 Å². The van der Waals surface area contributed by atoms with Crippen molar-refractivity contribution in [2.24, 2.45) is 7.05 Å². The van der Waals surface area contributed by atoms with Crippen LogP contribution in [-0.2, 0) is 7.05 Å². The molecule has 0 N–H and O–H groups in total. The number of carbonyl (C=O) groups excluding carboxylic acids is 1. The number of carbonyl (C=O) groups is 1. The number of anilines is 1. The smallest absolute Gasteiger partial charge is 0.258 e. The van der Waals surface area contributed by atoms with Gasteiger partial charge in [-0.1, -0.05) is 12.1 Å². The van der Waals surface area contributed by atoms with Crippen LogP contribution in [0.2, 0.25) is 0 Å². The fourth-order valence-corrected chi connectivity index (χ4v) is 2.66. The minimum Gasteiger partial charge on any atom is -0.334 e.